The van der Waals surface area contributed by atoms with Crippen LogP contribution in [0.3, 0.4) is 0 Å². The highest BCUT2D eigenvalue weighted by Crippen LogP contribution is 2.78. The highest BCUT2D eigenvalue weighted by molar-refractivity contribution is 5.19. The maximum atomic E-state index is 2.68. The van der Waals surface area contributed by atoms with Gasteiger partial charge in [0.2, 0.25) is 0 Å². The third kappa shape index (κ3) is 1.21. The topological polar surface area (TPSA) is 0 Å². The molecule has 4 rings (SSSR count). The van der Waals surface area contributed by atoms with Crippen molar-refractivity contribution >= 4 is 0 Å². The monoisotopic (exact) mass is 232 g/mol. The summed E-state index contributed by atoms with van der Waals surface area (Å²) in [5.74, 6) is 3.20. The van der Waals surface area contributed by atoms with Crippen molar-refractivity contribution in [1.82, 2.24) is 0 Å². The van der Waals surface area contributed by atoms with Crippen LogP contribution in [0.15, 0.2) is 0 Å². The number of rotatable bonds is 1. The second-order valence-corrected chi connectivity index (χ2v) is 8.55. The van der Waals surface area contributed by atoms with Crippen LogP contribution in [0.1, 0.15) is 72.1 Å². The summed E-state index contributed by atoms with van der Waals surface area (Å²) in [6.07, 6.45) is 12.4. The normalized spacial score (nSPS) is 59.1. The summed E-state index contributed by atoms with van der Waals surface area (Å²) in [6.45, 7) is 7.81. The van der Waals surface area contributed by atoms with Crippen molar-refractivity contribution in [3.8, 4) is 0 Å². The zero-order valence-corrected chi connectivity index (χ0v) is 11.9. The van der Waals surface area contributed by atoms with E-state index in [-0.39, 0.29) is 0 Å². The quantitative estimate of drug-likeness (QED) is 0.595. The van der Waals surface area contributed by atoms with Gasteiger partial charge in [0.25, 0.3) is 0 Å². The molecule has 0 amide bonds. The minimum atomic E-state index is 0.713. The molecule has 0 aromatic rings. The first-order valence-electron chi connectivity index (χ1n) is 8.00. The Morgan fingerprint density at radius 2 is 1.59 bits per heavy atom. The highest BCUT2D eigenvalue weighted by atomic mass is 14.7. The number of hydrogen-bond acceptors (Lipinski definition) is 0. The van der Waals surface area contributed by atoms with Crippen LogP contribution < -0.4 is 0 Å². The van der Waals surface area contributed by atoms with Gasteiger partial charge in [0.05, 0.1) is 0 Å². The zero-order valence-electron chi connectivity index (χ0n) is 11.9. The van der Waals surface area contributed by atoms with E-state index in [1.54, 1.807) is 32.1 Å². The van der Waals surface area contributed by atoms with Gasteiger partial charge >= 0.3 is 0 Å². The molecular formula is C17H28. The second-order valence-electron chi connectivity index (χ2n) is 8.55. The smallest absolute Gasteiger partial charge is 0.0209 e. The average molecular weight is 232 g/mol. The third-order valence-corrected chi connectivity index (χ3v) is 8.04. The molecule has 5 atom stereocenters. The van der Waals surface area contributed by atoms with Crippen molar-refractivity contribution in [2.24, 2.45) is 34.0 Å². The zero-order chi connectivity index (χ0) is 11.9. The minimum Gasteiger partial charge on any atom is -0.0620 e. The molecule has 0 N–H and O–H groups in total. The van der Waals surface area contributed by atoms with E-state index in [9.17, 15) is 0 Å². The summed E-state index contributed by atoms with van der Waals surface area (Å²) in [6, 6.07) is 0. The van der Waals surface area contributed by atoms with Gasteiger partial charge in [-0.1, -0.05) is 20.8 Å². The summed E-state index contributed by atoms with van der Waals surface area (Å²) in [5, 5.41) is 0. The Labute approximate surface area is 107 Å². The predicted octanol–water partition coefficient (Wildman–Crippen LogP) is 5.03. The van der Waals surface area contributed by atoms with Gasteiger partial charge in [0.1, 0.15) is 0 Å². The fraction of sp³-hybridized carbons (Fsp3) is 1.00. The van der Waals surface area contributed by atoms with Crippen molar-refractivity contribution in [2.75, 3.05) is 0 Å². The van der Waals surface area contributed by atoms with Crippen LogP contribution in [-0.2, 0) is 0 Å². The fourth-order valence-corrected chi connectivity index (χ4v) is 5.96. The van der Waals surface area contributed by atoms with Crippen LogP contribution in [0.5, 0.6) is 0 Å². The molecule has 0 radical (unpaired) electrons. The predicted molar refractivity (Wildman–Crippen MR) is 71.7 cm³/mol. The van der Waals surface area contributed by atoms with Gasteiger partial charge in [-0.15, -0.1) is 0 Å². The van der Waals surface area contributed by atoms with Crippen molar-refractivity contribution in [2.45, 2.75) is 72.1 Å². The highest BCUT2D eigenvalue weighted by Gasteiger charge is 2.69. The van der Waals surface area contributed by atoms with E-state index in [1.165, 1.54) is 19.3 Å². The Balaban J connectivity index is 1.64. The van der Waals surface area contributed by atoms with Gasteiger partial charge in [-0.05, 0) is 85.4 Å². The van der Waals surface area contributed by atoms with E-state index in [4.69, 9.17) is 0 Å². The molecule has 0 heterocycles. The Morgan fingerprint density at radius 3 is 2.29 bits per heavy atom. The van der Waals surface area contributed by atoms with Crippen molar-refractivity contribution in [1.29, 1.82) is 0 Å². The molecule has 4 fully saturated rings. The van der Waals surface area contributed by atoms with Crippen LogP contribution in [0.4, 0.5) is 0 Å². The Bertz CT molecular complexity index is 353. The second kappa shape index (κ2) is 2.94. The van der Waals surface area contributed by atoms with Crippen LogP contribution in [0, 0.1) is 34.0 Å². The molecule has 4 saturated carbocycles. The molecule has 0 heteroatoms. The van der Waals surface area contributed by atoms with E-state index in [0.717, 1.165) is 28.6 Å². The Kier molecular flexibility index (Phi) is 1.88. The Morgan fingerprint density at radius 1 is 0.824 bits per heavy atom. The van der Waals surface area contributed by atoms with Gasteiger partial charge in [-0.2, -0.15) is 0 Å². The molecule has 2 unspecified atom stereocenters. The van der Waals surface area contributed by atoms with Gasteiger partial charge in [-0.3, -0.25) is 0 Å². The van der Waals surface area contributed by atoms with Crippen LogP contribution in [0.2, 0.25) is 0 Å². The lowest BCUT2D eigenvalue weighted by molar-refractivity contribution is -0.0461. The van der Waals surface area contributed by atoms with Gasteiger partial charge < -0.3 is 0 Å². The standard InChI is InChI=1S/C17H28/c1-12-4-5-14-11-17(14)7-6-13(10-16(12,17)3)15(2)8-9-15/h12-14H,4-11H2,1-3H3/t12-,13?,14?,16+,17+/m0/s1. The SMILES string of the molecule is C[C@H]1CCC2C[C@]23CCC(C2(C)CC2)C[C@]13C. The molecule has 17 heavy (non-hydrogen) atoms. The first-order valence-corrected chi connectivity index (χ1v) is 8.00. The van der Waals surface area contributed by atoms with Crippen LogP contribution in [0.25, 0.3) is 0 Å². The largest absolute Gasteiger partial charge is 0.0620 e. The summed E-state index contributed by atoms with van der Waals surface area (Å²) < 4.78 is 0. The fourth-order valence-electron chi connectivity index (χ4n) is 5.96. The summed E-state index contributed by atoms with van der Waals surface area (Å²) in [5.41, 5.74) is 2.31. The van der Waals surface area contributed by atoms with Crippen LogP contribution in [-0.4, -0.2) is 0 Å². The molecule has 4 aliphatic carbocycles. The van der Waals surface area contributed by atoms with E-state index in [0.29, 0.717) is 5.41 Å². The first-order chi connectivity index (χ1) is 8.00. The lowest BCUT2D eigenvalue weighted by Gasteiger charge is -2.54. The van der Waals surface area contributed by atoms with Crippen molar-refractivity contribution in [3.63, 3.8) is 0 Å². The Hall–Kier alpha value is 0. The molecular weight excluding hydrogens is 204 g/mol. The van der Waals surface area contributed by atoms with E-state index < -0.39 is 0 Å². The van der Waals surface area contributed by atoms with Gasteiger partial charge in [0, 0.05) is 0 Å². The average Bonchev–Trinajstić information content (AvgIpc) is 3.18. The van der Waals surface area contributed by atoms with E-state index in [2.05, 4.69) is 20.8 Å². The lowest BCUT2D eigenvalue weighted by Crippen LogP contribution is -2.46. The molecule has 0 bridgehead atoms. The lowest BCUT2D eigenvalue weighted by atomic mass is 9.51. The van der Waals surface area contributed by atoms with E-state index >= 15 is 0 Å². The van der Waals surface area contributed by atoms with Crippen molar-refractivity contribution in [3.05, 3.63) is 0 Å². The van der Waals surface area contributed by atoms with E-state index in [1.807, 2.05) is 0 Å². The van der Waals surface area contributed by atoms with Gasteiger partial charge in [0.15, 0.2) is 0 Å². The number of hydrogen-bond donors (Lipinski definition) is 0. The minimum absolute atomic E-state index is 0.713. The molecule has 4 aliphatic rings. The molecule has 0 aromatic heterocycles. The summed E-state index contributed by atoms with van der Waals surface area (Å²) in [7, 11) is 0. The maximum Gasteiger partial charge on any atom is -0.0209 e. The molecule has 0 aliphatic heterocycles. The molecule has 0 nitrogen and oxygen atoms in total. The van der Waals surface area contributed by atoms with Gasteiger partial charge in [-0.25, -0.2) is 0 Å². The summed E-state index contributed by atoms with van der Waals surface area (Å²) >= 11 is 0. The first kappa shape index (κ1) is 10.9. The molecule has 1 spiro atoms. The molecule has 0 saturated heterocycles. The third-order valence-electron chi connectivity index (χ3n) is 8.04. The van der Waals surface area contributed by atoms with Crippen LogP contribution >= 0.6 is 0 Å². The summed E-state index contributed by atoms with van der Waals surface area (Å²) in [4.78, 5) is 0. The van der Waals surface area contributed by atoms with Crippen molar-refractivity contribution < 1.29 is 0 Å². The molecule has 0 aromatic carbocycles. The maximum absolute atomic E-state index is 2.68. The molecule has 96 valence electrons.